The number of H-pyrrole nitrogens is 1. The van der Waals surface area contributed by atoms with Gasteiger partial charge in [-0.1, -0.05) is 72.3 Å². The summed E-state index contributed by atoms with van der Waals surface area (Å²) in [6, 6.07) is 23.4. The van der Waals surface area contributed by atoms with Crippen LogP contribution in [0.5, 0.6) is 0 Å². The van der Waals surface area contributed by atoms with Gasteiger partial charge in [-0.05, 0) is 58.7 Å². The molecule has 0 saturated carbocycles. The van der Waals surface area contributed by atoms with Gasteiger partial charge in [-0.15, -0.1) is 5.10 Å². The predicted octanol–water partition coefficient (Wildman–Crippen LogP) is 5.22. The molecule has 0 aliphatic heterocycles. The first-order chi connectivity index (χ1) is 19.0. The largest absolute Gasteiger partial charge is 0.383 e. The molecule has 0 radical (unpaired) electrons. The summed E-state index contributed by atoms with van der Waals surface area (Å²) in [7, 11) is 1.64. The van der Waals surface area contributed by atoms with Gasteiger partial charge in [0.25, 0.3) is 5.56 Å². The minimum atomic E-state index is -0.568. The Balaban J connectivity index is 1.73. The first-order valence-corrected chi connectivity index (χ1v) is 13.2. The van der Waals surface area contributed by atoms with E-state index >= 15 is 0 Å². The Bertz CT molecular complexity index is 1630. The molecule has 3 aromatic carbocycles. The Kier molecular flexibility index (Phi) is 8.16. The Morgan fingerprint density at radius 3 is 2.51 bits per heavy atom. The molecule has 0 aliphatic carbocycles. The number of methoxy groups -OCH3 is 1. The summed E-state index contributed by atoms with van der Waals surface area (Å²) in [6.45, 7) is 5.94. The molecule has 0 amide bonds. The van der Waals surface area contributed by atoms with Gasteiger partial charge in [-0.25, -0.2) is 4.68 Å². The fraction of sp³-hybridized carbons (Fsp3) is 0.267. The van der Waals surface area contributed by atoms with Crippen LogP contribution in [0, 0.1) is 13.8 Å². The normalized spacial score (nSPS) is 12.3. The van der Waals surface area contributed by atoms with Gasteiger partial charge < -0.3 is 9.72 Å². The van der Waals surface area contributed by atoms with Crippen LogP contribution in [-0.4, -0.2) is 43.8 Å². The number of rotatable bonds is 10. The fourth-order valence-corrected chi connectivity index (χ4v) is 5.14. The molecule has 200 valence electrons. The predicted molar refractivity (Wildman–Crippen MR) is 153 cm³/mol. The van der Waals surface area contributed by atoms with Crippen LogP contribution in [0.15, 0.2) is 77.6 Å². The molecule has 1 N–H and O–H groups in total. The van der Waals surface area contributed by atoms with Crippen molar-refractivity contribution in [2.75, 3.05) is 13.7 Å². The topological polar surface area (TPSA) is 88.9 Å². The monoisotopic (exact) mass is 542 g/mol. The van der Waals surface area contributed by atoms with Crippen molar-refractivity contribution in [2.45, 2.75) is 39.5 Å². The lowest BCUT2D eigenvalue weighted by atomic mass is 9.98. The summed E-state index contributed by atoms with van der Waals surface area (Å²) in [6.07, 6.45) is 0. The van der Waals surface area contributed by atoms with E-state index in [9.17, 15) is 4.79 Å². The number of benzene rings is 3. The average molecular weight is 543 g/mol. The van der Waals surface area contributed by atoms with E-state index in [2.05, 4.69) is 43.6 Å². The van der Waals surface area contributed by atoms with Gasteiger partial charge in [0, 0.05) is 36.2 Å². The van der Waals surface area contributed by atoms with Crippen LogP contribution in [0.2, 0.25) is 5.02 Å². The summed E-state index contributed by atoms with van der Waals surface area (Å²) in [4.78, 5) is 19.2. The molecule has 39 heavy (non-hydrogen) atoms. The zero-order valence-corrected chi connectivity index (χ0v) is 23.0. The van der Waals surface area contributed by atoms with Crippen molar-refractivity contribution in [2.24, 2.45) is 0 Å². The maximum absolute atomic E-state index is 13.8. The highest BCUT2D eigenvalue weighted by Crippen LogP contribution is 2.32. The minimum Gasteiger partial charge on any atom is -0.383 e. The molecular weight excluding hydrogens is 512 g/mol. The second kappa shape index (κ2) is 11.9. The zero-order chi connectivity index (χ0) is 27.4. The number of nitrogens with zero attached hydrogens (tertiary/aromatic N) is 5. The maximum atomic E-state index is 13.8. The summed E-state index contributed by atoms with van der Waals surface area (Å²) >= 11 is 6.64. The van der Waals surface area contributed by atoms with E-state index in [1.165, 1.54) is 0 Å². The SMILES string of the molecule is COCCn1nnnc1[C@H](c1cc2c(C)ccc(C)c2[nH]c1=O)N(Cc1ccccc1)Cc1ccccc1Cl. The smallest absolute Gasteiger partial charge is 0.253 e. The van der Waals surface area contributed by atoms with Crippen molar-refractivity contribution >= 4 is 22.5 Å². The molecule has 0 saturated heterocycles. The molecule has 0 fully saturated rings. The molecule has 0 bridgehead atoms. The average Bonchev–Trinajstić information content (AvgIpc) is 3.40. The van der Waals surface area contributed by atoms with Crippen molar-refractivity contribution in [1.82, 2.24) is 30.1 Å². The molecule has 2 heterocycles. The number of hydrogen-bond donors (Lipinski definition) is 1. The molecular formula is C30H31ClN6O2. The highest BCUT2D eigenvalue weighted by molar-refractivity contribution is 6.31. The van der Waals surface area contributed by atoms with Crippen molar-refractivity contribution in [3.63, 3.8) is 0 Å². The first kappa shape index (κ1) is 26.7. The lowest BCUT2D eigenvalue weighted by Crippen LogP contribution is -2.35. The number of halogens is 1. The summed E-state index contributed by atoms with van der Waals surface area (Å²) in [5.41, 5.74) is 5.34. The maximum Gasteiger partial charge on any atom is 0.253 e. The highest BCUT2D eigenvalue weighted by atomic mass is 35.5. The lowest BCUT2D eigenvalue weighted by molar-refractivity contribution is 0.169. The van der Waals surface area contributed by atoms with E-state index < -0.39 is 6.04 Å². The molecule has 0 spiro atoms. The van der Waals surface area contributed by atoms with Crippen molar-refractivity contribution in [3.8, 4) is 0 Å². The van der Waals surface area contributed by atoms with E-state index in [1.807, 2.05) is 68.4 Å². The van der Waals surface area contributed by atoms with Crippen LogP contribution in [-0.2, 0) is 24.4 Å². The molecule has 1 atom stereocenters. The van der Waals surface area contributed by atoms with Crippen molar-refractivity contribution in [3.05, 3.63) is 122 Å². The van der Waals surface area contributed by atoms with Crippen LogP contribution in [0.1, 0.15) is 39.7 Å². The van der Waals surface area contributed by atoms with Gasteiger partial charge in [0.15, 0.2) is 5.82 Å². The molecule has 0 unspecified atom stereocenters. The second-order valence-electron chi connectivity index (χ2n) is 9.68. The number of hydrogen-bond acceptors (Lipinski definition) is 6. The Hall–Kier alpha value is -3.85. The van der Waals surface area contributed by atoms with Gasteiger partial charge >= 0.3 is 0 Å². The van der Waals surface area contributed by atoms with E-state index in [0.717, 1.165) is 33.2 Å². The van der Waals surface area contributed by atoms with Crippen LogP contribution >= 0.6 is 11.6 Å². The summed E-state index contributed by atoms with van der Waals surface area (Å²) < 4.78 is 7.03. The number of pyridine rings is 1. The van der Waals surface area contributed by atoms with E-state index in [4.69, 9.17) is 16.3 Å². The van der Waals surface area contributed by atoms with E-state index in [1.54, 1.807) is 11.8 Å². The summed E-state index contributed by atoms with van der Waals surface area (Å²) in [5, 5.41) is 14.4. The number of aromatic nitrogens is 5. The van der Waals surface area contributed by atoms with Crippen molar-refractivity contribution < 1.29 is 4.74 Å². The van der Waals surface area contributed by atoms with E-state index in [-0.39, 0.29) is 5.56 Å². The standard InChI is InChI=1S/C30H31ClN6O2/c1-20-13-14-21(2)27-24(20)17-25(30(38)32-27)28(29-33-34-35-37(29)15-16-39-3)36(18-22-9-5-4-6-10-22)19-23-11-7-8-12-26(23)31/h4-14,17,28H,15-16,18-19H2,1-3H3,(H,32,38)/t28-/m0/s1. The number of aryl methyl sites for hydroxylation is 2. The summed E-state index contributed by atoms with van der Waals surface area (Å²) in [5.74, 6) is 0.560. The third-order valence-electron chi connectivity index (χ3n) is 7.00. The first-order valence-electron chi connectivity index (χ1n) is 12.9. The molecule has 2 aromatic heterocycles. The molecule has 9 heteroatoms. The number of fused-ring (bicyclic) bond motifs is 1. The number of tetrazole rings is 1. The zero-order valence-electron chi connectivity index (χ0n) is 22.3. The van der Waals surface area contributed by atoms with Gasteiger partial charge in [0.05, 0.1) is 18.7 Å². The highest BCUT2D eigenvalue weighted by Gasteiger charge is 2.31. The van der Waals surface area contributed by atoms with Gasteiger partial charge in [-0.2, -0.15) is 0 Å². The number of ether oxygens (including phenoxy) is 1. The quantitative estimate of drug-likeness (QED) is 0.260. The Morgan fingerprint density at radius 2 is 1.74 bits per heavy atom. The number of nitrogens with one attached hydrogen (secondary N) is 1. The Labute approximate surface area is 232 Å². The molecule has 5 aromatic rings. The lowest BCUT2D eigenvalue weighted by Gasteiger charge is -2.31. The van der Waals surface area contributed by atoms with Gasteiger partial charge in [0.1, 0.15) is 6.04 Å². The number of aromatic amines is 1. The van der Waals surface area contributed by atoms with Crippen LogP contribution < -0.4 is 5.56 Å². The van der Waals surface area contributed by atoms with Crippen LogP contribution in [0.25, 0.3) is 10.9 Å². The third-order valence-corrected chi connectivity index (χ3v) is 7.37. The molecule has 5 rings (SSSR count). The van der Waals surface area contributed by atoms with Crippen LogP contribution in [0.4, 0.5) is 0 Å². The van der Waals surface area contributed by atoms with Crippen LogP contribution in [0.3, 0.4) is 0 Å². The third kappa shape index (κ3) is 5.78. The molecule has 8 nitrogen and oxygen atoms in total. The van der Waals surface area contributed by atoms with Gasteiger partial charge in [-0.3, -0.25) is 9.69 Å². The molecule has 0 aliphatic rings. The second-order valence-corrected chi connectivity index (χ2v) is 10.1. The van der Waals surface area contributed by atoms with Gasteiger partial charge in [0.2, 0.25) is 0 Å². The van der Waals surface area contributed by atoms with E-state index in [0.29, 0.717) is 42.7 Å². The minimum absolute atomic E-state index is 0.181. The van der Waals surface area contributed by atoms with Crippen molar-refractivity contribution in [1.29, 1.82) is 0 Å². The Morgan fingerprint density at radius 1 is 1.00 bits per heavy atom. The fourth-order valence-electron chi connectivity index (χ4n) is 4.94.